The highest BCUT2D eigenvalue weighted by Crippen LogP contribution is 2.22. The summed E-state index contributed by atoms with van der Waals surface area (Å²) >= 11 is 0.996. The molecule has 0 spiro atoms. The summed E-state index contributed by atoms with van der Waals surface area (Å²) in [6.45, 7) is 3.93. The second-order valence-electron chi connectivity index (χ2n) is 7.33. The van der Waals surface area contributed by atoms with Gasteiger partial charge in [0.2, 0.25) is 11.8 Å². The van der Waals surface area contributed by atoms with E-state index in [0.717, 1.165) is 34.1 Å². The third-order valence-corrected chi connectivity index (χ3v) is 5.72. The van der Waals surface area contributed by atoms with Gasteiger partial charge in [-0.2, -0.15) is 0 Å². The zero-order valence-electron chi connectivity index (χ0n) is 17.6. The van der Waals surface area contributed by atoms with Crippen LogP contribution in [-0.2, 0) is 16.1 Å². The number of thioether (sulfide) groups is 1. The van der Waals surface area contributed by atoms with Crippen molar-refractivity contribution in [2.75, 3.05) is 30.0 Å². The molecule has 2 aromatic carbocycles. The normalized spacial score (nSPS) is 13.3. The van der Waals surface area contributed by atoms with Gasteiger partial charge < -0.3 is 15.5 Å². The fourth-order valence-corrected chi connectivity index (χ4v) is 3.83. The van der Waals surface area contributed by atoms with Gasteiger partial charge in [0.15, 0.2) is 0 Å². The van der Waals surface area contributed by atoms with Crippen LogP contribution < -0.4 is 10.6 Å². The highest BCUT2D eigenvalue weighted by atomic mass is 32.2. The second kappa shape index (κ2) is 9.65. The third kappa shape index (κ3) is 5.64. The van der Waals surface area contributed by atoms with Crippen LogP contribution in [0.2, 0.25) is 0 Å². The molecular formula is C22H24N4O4S. The quantitative estimate of drug-likeness (QED) is 0.715. The highest BCUT2D eigenvalue weighted by Gasteiger charge is 2.29. The van der Waals surface area contributed by atoms with E-state index in [-0.39, 0.29) is 35.9 Å². The lowest BCUT2D eigenvalue weighted by molar-refractivity contribution is -0.125. The number of nitrogens with one attached hydrogen (secondary N) is 2. The summed E-state index contributed by atoms with van der Waals surface area (Å²) in [5.41, 5.74) is 3.99. The Morgan fingerprint density at radius 1 is 1.03 bits per heavy atom. The summed E-state index contributed by atoms with van der Waals surface area (Å²) < 4.78 is 0. The first-order valence-corrected chi connectivity index (χ1v) is 10.7. The number of carbonyl (C=O) groups excluding carboxylic acids is 4. The fourth-order valence-electron chi connectivity index (χ4n) is 3.11. The molecule has 0 unspecified atom stereocenters. The molecule has 1 aliphatic rings. The molecule has 5 amide bonds. The number of benzene rings is 2. The Labute approximate surface area is 185 Å². The van der Waals surface area contributed by atoms with Crippen LogP contribution >= 0.6 is 11.8 Å². The largest absolute Gasteiger partial charge is 0.324 e. The maximum atomic E-state index is 12.4. The number of nitrogens with zero attached hydrogens (tertiary/aromatic N) is 2. The maximum Gasteiger partial charge on any atom is 0.322 e. The van der Waals surface area contributed by atoms with Gasteiger partial charge in [-0.1, -0.05) is 42.1 Å². The summed E-state index contributed by atoms with van der Waals surface area (Å²) in [6, 6.07) is 12.2. The minimum Gasteiger partial charge on any atom is -0.324 e. The number of imide groups is 1. The SMILES string of the molecule is Cc1cccc(C)c1NC(=O)CN(C)C(=O)Nc1ccc(CN2C(=O)CSC2=O)cc1. The first kappa shape index (κ1) is 22.4. The van der Waals surface area contributed by atoms with Crippen LogP contribution in [0, 0.1) is 13.8 Å². The van der Waals surface area contributed by atoms with Crippen molar-refractivity contribution in [3.63, 3.8) is 0 Å². The monoisotopic (exact) mass is 440 g/mol. The molecular weight excluding hydrogens is 416 g/mol. The zero-order valence-corrected chi connectivity index (χ0v) is 18.4. The van der Waals surface area contributed by atoms with Gasteiger partial charge >= 0.3 is 6.03 Å². The van der Waals surface area contributed by atoms with Gasteiger partial charge in [-0.05, 0) is 42.7 Å². The fraction of sp³-hybridized carbons (Fsp3) is 0.273. The molecule has 2 N–H and O–H groups in total. The summed E-state index contributed by atoms with van der Waals surface area (Å²) in [5, 5.41) is 5.34. The number of hydrogen-bond acceptors (Lipinski definition) is 5. The van der Waals surface area contributed by atoms with Crippen molar-refractivity contribution in [2.45, 2.75) is 20.4 Å². The van der Waals surface area contributed by atoms with E-state index < -0.39 is 6.03 Å². The van der Waals surface area contributed by atoms with Crippen molar-refractivity contribution in [3.05, 3.63) is 59.2 Å². The summed E-state index contributed by atoms with van der Waals surface area (Å²) in [7, 11) is 1.54. The van der Waals surface area contributed by atoms with Gasteiger partial charge in [-0.3, -0.25) is 19.3 Å². The first-order valence-electron chi connectivity index (χ1n) is 9.69. The number of aryl methyl sites for hydroxylation is 2. The average molecular weight is 441 g/mol. The van der Waals surface area contributed by atoms with Crippen LogP contribution in [-0.4, -0.2) is 52.2 Å². The molecule has 1 aliphatic heterocycles. The van der Waals surface area contributed by atoms with Crippen molar-refractivity contribution in [2.24, 2.45) is 0 Å². The lowest BCUT2D eigenvalue weighted by Gasteiger charge is -2.19. The number of hydrogen-bond donors (Lipinski definition) is 2. The Balaban J connectivity index is 1.52. The lowest BCUT2D eigenvalue weighted by atomic mass is 10.1. The Morgan fingerprint density at radius 3 is 2.26 bits per heavy atom. The van der Waals surface area contributed by atoms with Crippen molar-refractivity contribution in [3.8, 4) is 0 Å². The predicted octanol–water partition coefficient (Wildman–Crippen LogP) is 3.60. The number of rotatable bonds is 6. The van der Waals surface area contributed by atoms with Crippen LogP contribution in [0.25, 0.3) is 0 Å². The number of likely N-dealkylation sites (N-methyl/N-ethyl adjacent to an activating group) is 1. The molecule has 1 fully saturated rings. The van der Waals surface area contributed by atoms with Crippen LogP contribution in [0.5, 0.6) is 0 Å². The lowest BCUT2D eigenvalue weighted by Crippen LogP contribution is -2.37. The second-order valence-corrected chi connectivity index (χ2v) is 8.26. The van der Waals surface area contributed by atoms with Crippen LogP contribution in [0.15, 0.2) is 42.5 Å². The summed E-state index contributed by atoms with van der Waals surface area (Å²) in [5.74, 6) is -0.313. The van der Waals surface area contributed by atoms with E-state index in [9.17, 15) is 19.2 Å². The Morgan fingerprint density at radius 2 is 1.68 bits per heavy atom. The molecule has 31 heavy (non-hydrogen) atoms. The molecule has 0 aromatic heterocycles. The smallest absolute Gasteiger partial charge is 0.322 e. The van der Waals surface area contributed by atoms with Crippen LogP contribution in [0.3, 0.4) is 0 Å². The maximum absolute atomic E-state index is 12.4. The molecule has 9 heteroatoms. The van der Waals surface area contributed by atoms with E-state index in [4.69, 9.17) is 0 Å². The molecule has 162 valence electrons. The molecule has 0 aliphatic carbocycles. The molecule has 8 nitrogen and oxygen atoms in total. The minimum absolute atomic E-state index is 0.103. The van der Waals surface area contributed by atoms with Gasteiger partial charge in [-0.25, -0.2) is 4.79 Å². The van der Waals surface area contributed by atoms with Gasteiger partial charge in [0.25, 0.3) is 5.24 Å². The molecule has 0 bridgehead atoms. The molecule has 0 saturated carbocycles. The van der Waals surface area contributed by atoms with Gasteiger partial charge in [0.05, 0.1) is 12.3 Å². The summed E-state index contributed by atoms with van der Waals surface area (Å²) in [6.07, 6.45) is 0. The topological polar surface area (TPSA) is 98.8 Å². The Kier molecular flexibility index (Phi) is 6.96. The highest BCUT2D eigenvalue weighted by molar-refractivity contribution is 8.14. The van der Waals surface area contributed by atoms with E-state index in [0.29, 0.717) is 5.69 Å². The van der Waals surface area contributed by atoms with Crippen molar-refractivity contribution < 1.29 is 19.2 Å². The van der Waals surface area contributed by atoms with Crippen molar-refractivity contribution in [1.82, 2.24) is 9.80 Å². The number of anilines is 2. The van der Waals surface area contributed by atoms with E-state index in [1.165, 1.54) is 16.8 Å². The summed E-state index contributed by atoms with van der Waals surface area (Å²) in [4.78, 5) is 50.7. The molecule has 1 saturated heterocycles. The van der Waals surface area contributed by atoms with Crippen molar-refractivity contribution >= 4 is 46.2 Å². The van der Waals surface area contributed by atoms with Gasteiger partial charge in [-0.15, -0.1) is 0 Å². The number of urea groups is 1. The van der Waals surface area contributed by atoms with Crippen molar-refractivity contribution in [1.29, 1.82) is 0 Å². The molecule has 0 radical (unpaired) electrons. The Hall–Kier alpha value is -3.33. The average Bonchev–Trinajstić information content (AvgIpc) is 3.04. The molecule has 1 heterocycles. The van der Waals surface area contributed by atoms with Gasteiger partial charge in [0, 0.05) is 18.4 Å². The van der Waals surface area contributed by atoms with E-state index in [1.54, 1.807) is 24.3 Å². The van der Waals surface area contributed by atoms with Crippen LogP contribution in [0.4, 0.5) is 21.0 Å². The van der Waals surface area contributed by atoms with E-state index in [2.05, 4.69) is 10.6 Å². The first-order chi connectivity index (χ1) is 14.7. The molecule has 3 rings (SSSR count). The number of carbonyl (C=O) groups is 4. The van der Waals surface area contributed by atoms with Crippen LogP contribution in [0.1, 0.15) is 16.7 Å². The standard InChI is InChI=1S/C22H24N4O4S/c1-14-5-4-6-15(2)20(14)24-18(27)12-25(3)21(29)23-17-9-7-16(8-10-17)11-26-19(28)13-31-22(26)30/h4-10H,11-13H2,1-3H3,(H,23,29)(H,24,27). The number of amides is 5. The van der Waals surface area contributed by atoms with E-state index in [1.807, 2.05) is 32.0 Å². The zero-order chi connectivity index (χ0) is 22.5. The number of para-hydroxylation sites is 1. The molecule has 0 atom stereocenters. The Bertz CT molecular complexity index is 986. The minimum atomic E-state index is -0.425. The van der Waals surface area contributed by atoms with Gasteiger partial charge in [0.1, 0.15) is 6.54 Å². The third-order valence-electron chi connectivity index (χ3n) is 4.86. The predicted molar refractivity (Wildman–Crippen MR) is 121 cm³/mol. The molecule has 2 aromatic rings. The van der Waals surface area contributed by atoms with E-state index >= 15 is 0 Å².